The smallest absolute Gasteiger partial charge is 0.325 e. The van der Waals surface area contributed by atoms with Gasteiger partial charge >= 0.3 is 6.03 Å². The standard InChI is InChI=1S/C19H23N7O4/c1-12-22-23-24-26(12)14-11-13(5-6-15(14)30-2)20-16(27)7-10-25-17(28)19(21-18(25)29)8-3-4-9-19/h5-6,11H,3-4,7-10H2,1-2H3,(H,20,27)(H,21,29). The van der Waals surface area contributed by atoms with Gasteiger partial charge in [-0.3, -0.25) is 14.5 Å². The number of aryl methyl sites for hydroxylation is 1. The van der Waals surface area contributed by atoms with Gasteiger partial charge in [-0.05, 0) is 48.4 Å². The van der Waals surface area contributed by atoms with Gasteiger partial charge in [-0.1, -0.05) is 12.8 Å². The first kappa shape index (κ1) is 19.8. The first-order chi connectivity index (χ1) is 14.4. The summed E-state index contributed by atoms with van der Waals surface area (Å²) in [6, 6.07) is 4.67. The Morgan fingerprint density at radius 3 is 2.73 bits per heavy atom. The molecule has 2 N–H and O–H groups in total. The van der Waals surface area contributed by atoms with Crippen molar-refractivity contribution in [2.24, 2.45) is 0 Å². The number of aromatic nitrogens is 4. The van der Waals surface area contributed by atoms with E-state index in [0.717, 1.165) is 17.7 Å². The Balaban J connectivity index is 1.42. The highest BCUT2D eigenvalue weighted by Crippen LogP contribution is 2.35. The summed E-state index contributed by atoms with van der Waals surface area (Å²) >= 11 is 0. The molecule has 2 aromatic rings. The van der Waals surface area contributed by atoms with Crippen molar-refractivity contribution in [3.63, 3.8) is 0 Å². The normalized spacial score (nSPS) is 17.5. The van der Waals surface area contributed by atoms with E-state index in [0.29, 0.717) is 35.8 Å². The molecule has 158 valence electrons. The highest BCUT2D eigenvalue weighted by atomic mass is 16.5. The lowest BCUT2D eigenvalue weighted by atomic mass is 9.98. The zero-order chi connectivity index (χ0) is 21.3. The molecule has 1 aliphatic carbocycles. The van der Waals surface area contributed by atoms with Gasteiger partial charge in [-0.2, -0.15) is 4.68 Å². The SMILES string of the molecule is COc1ccc(NC(=O)CCN2C(=O)NC3(CCCC3)C2=O)cc1-n1nnnc1C. The minimum Gasteiger partial charge on any atom is -0.494 e. The second kappa shape index (κ2) is 7.73. The zero-order valence-corrected chi connectivity index (χ0v) is 16.8. The monoisotopic (exact) mass is 413 g/mol. The van der Waals surface area contributed by atoms with Crippen LogP contribution in [0.3, 0.4) is 0 Å². The number of rotatable bonds is 6. The molecule has 30 heavy (non-hydrogen) atoms. The Hall–Kier alpha value is -3.50. The average molecular weight is 413 g/mol. The van der Waals surface area contributed by atoms with Crippen molar-refractivity contribution in [3.8, 4) is 11.4 Å². The van der Waals surface area contributed by atoms with Crippen LogP contribution in [0.4, 0.5) is 10.5 Å². The van der Waals surface area contributed by atoms with E-state index in [1.807, 2.05) is 0 Å². The number of carbonyl (C=O) groups excluding carboxylic acids is 3. The Morgan fingerprint density at radius 2 is 2.07 bits per heavy atom. The topological polar surface area (TPSA) is 131 Å². The van der Waals surface area contributed by atoms with Gasteiger partial charge < -0.3 is 15.4 Å². The van der Waals surface area contributed by atoms with Crippen molar-refractivity contribution in [2.45, 2.75) is 44.6 Å². The number of methoxy groups -OCH3 is 1. The molecular formula is C19H23N7O4. The highest BCUT2D eigenvalue weighted by Gasteiger charge is 2.52. The van der Waals surface area contributed by atoms with Crippen molar-refractivity contribution >= 4 is 23.5 Å². The molecule has 1 aromatic heterocycles. The summed E-state index contributed by atoms with van der Waals surface area (Å²) in [4.78, 5) is 38.5. The molecular weight excluding hydrogens is 390 g/mol. The minimum absolute atomic E-state index is 0.000507. The number of urea groups is 1. The van der Waals surface area contributed by atoms with Crippen molar-refractivity contribution in [1.82, 2.24) is 30.4 Å². The molecule has 0 bridgehead atoms. The van der Waals surface area contributed by atoms with Crippen LogP contribution in [0.15, 0.2) is 18.2 Å². The van der Waals surface area contributed by atoms with Crippen LogP contribution in [0, 0.1) is 6.92 Å². The van der Waals surface area contributed by atoms with Crippen LogP contribution in [0.2, 0.25) is 0 Å². The second-order valence-electron chi connectivity index (χ2n) is 7.50. The van der Waals surface area contributed by atoms with Crippen LogP contribution in [0.25, 0.3) is 5.69 Å². The fourth-order valence-electron chi connectivity index (χ4n) is 4.02. The Labute approximate surface area is 172 Å². The van der Waals surface area contributed by atoms with Crippen LogP contribution in [0.5, 0.6) is 5.75 Å². The predicted molar refractivity (Wildman–Crippen MR) is 105 cm³/mol. The number of nitrogens with zero attached hydrogens (tertiary/aromatic N) is 5. The molecule has 0 atom stereocenters. The fraction of sp³-hybridized carbons (Fsp3) is 0.474. The van der Waals surface area contributed by atoms with E-state index < -0.39 is 11.6 Å². The lowest BCUT2D eigenvalue weighted by Gasteiger charge is -2.19. The van der Waals surface area contributed by atoms with E-state index in [1.54, 1.807) is 25.1 Å². The summed E-state index contributed by atoms with van der Waals surface area (Å²) in [6.07, 6.45) is 3.15. The Morgan fingerprint density at radius 1 is 1.30 bits per heavy atom. The number of nitrogens with one attached hydrogen (secondary N) is 2. The van der Waals surface area contributed by atoms with Crippen LogP contribution in [-0.4, -0.2) is 62.1 Å². The lowest BCUT2D eigenvalue weighted by molar-refractivity contribution is -0.131. The van der Waals surface area contributed by atoms with E-state index in [-0.39, 0.29) is 24.8 Å². The van der Waals surface area contributed by atoms with Crippen molar-refractivity contribution < 1.29 is 19.1 Å². The minimum atomic E-state index is -0.762. The zero-order valence-electron chi connectivity index (χ0n) is 16.8. The van der Waals surface area contributed by atoms with Crippen molar-refractivity contribution in [1.29, 1.82) is 0 Å². The third-order valence-corrected chi connectivity index (χ3v) is 5.58. The molecule has 0 unspecified atom stereocenters. The number of tetrazole rings is 1. The molecule has 1 aliphatic heterocycles. The summed E-state index contributed by atoms with van der Waals surface area (Å²) in [5.74, 6) is 0.576. The van der Waals surface area contributed by atoms with Gasteiger partial charge in [0.2, 0.25) is 5.91 Å². The largest absolute Gasteiger partial charge is 0.494 e. The first-order valence-electron chi connectivity index (χ1n) is 9.81. The van der Waals surface area contributed by atoms with Crippen LogP contribution in [-0.2, 0) is 9.59 Å². The number of carbonyl (C=O) groups is 3. The Bertz CT molecular complexity index is 997. The molecule has 1 saturated heterocycles. The third-order valence-electron chi connectivity index (χ3n) is 5.58. The Kier molecular flexibility index (Phi) is 5.10. The molecule has 0 radical (unpaired) electrons. The number of benzene rings is 1. The number of amides is 4. The fourth-order valence-corrected chi connectivity index (χ4v) is 4.02. The summed E-state index contributed by atoms with van der Waals surface area (Å²) in [5, 5.41) is 17.0. The molecule has 2 aliphatic rings. The van der Waals surface area contributed by atoms with E-state index >= 15 is 0 Å². The van der Waals surface area contributed by atoms with Gasteiger partial charge in [-0.25, -0.2) is 4.79 Å². The van der Waals surface area contributed by atoms with Gasteiger partial charge in [0, 0.05) is 18.7 Å². The van der Waals surface area contributed by atoms with E-state index in [1.165, 1.54) is 11.8 Å². The van der Waals surface area contributed by atoms with Crippen LogP contribution >= 0.6 is 0 Å². The number of imide groups is 1. The molecule has 11 nitrogen and oxygen atoms in total. The summed E-state index contributed by atoms with van der Waals surface area (Å²) in [7, 11) is 1.53. The lowest BCUT2D eigenvalue weighted by Crippen LogP contribution is -2.44. The van der Waals surface area contributed by atoms with Crippen molar-refractivity contribution in [2.75, 3.05) is 19.0 Å². The molecule has 2 fully saturated rings. The maximum Gasteiger partial charge on any atom is 0.325 e. The summed E-state index contributed by atoms with van der Waals surface area (Å²) in [6.45, 7) is 1.78. The summed E-state index contributed by atoms with van der Waals surface area (Å²) < 4.78 is 6.85. The quantitative estimate of drug-likeness (QED) is 0.680. The van der Waals surface area contributed by atoms with Crippen molar-refractivity contribution in [3.05, 3.63) is 24.0 Å². The number of hydrogen-bond donors (Lipinski definition) is 2. The third kappa shape index (κ3) is 3.46. The maximum absolute atomic E-state index is 12.7. The molecule has 2 heterocycles. The van der Waals surface area contributed by atoms with Crippen LogP contribution in [0.1, 0.15) is 37.9 Å². The van der Waals surface area contributed by atoms with Gasteiger partial charge in [0.1, 0.15) is 17.0 Å². The molecule has 11 heteroatoms. The van der Waals surface area contributed by atoms with Gasteiger partial charge in [0.05, 0.1) is 7.11 Å². The maximum atomic E-state index is 12.7. The molecule has 1 aromatic carbocycles. The molecule has 1 saturated carbocycles. The van der Waals surface area contributed by atoms with E-state index in [2.05, 4.69) is 26.2 Å². The highest BCUT2D eigenvalue weighted by molar-refractivity contribution is 6.07. The molecule has 1 spiro atoms. The van der Waals surface area contributed by atoms with Crippen LogP contribution < -0.4 is 15.4 Å². The van der Waals surface area contributed by atoms with Gasteiger partial charge in [0.25, 0.3) is 5.91 Å². The summed E-state index contributed by atoms with van der Waals surface area (Å²) in [5.41, 5.74) is 0.340. The van der Waals surface area contributed by atoms with E-state index in [9.17, 15) is 14.4 Å². The second-order valence-corrected chi connectivity index (χ2v) is 7.50. The number of ether oxygens (including phenoxy) is 1. The number of hydrogen-bond acceptors (Lipinski definition) is 7. The average Bonchev–Trinajstić information content (AvgIpc) is 3.42. The molecule has 4 amide bonds. The van der Waals surface area contributed by atoms with Gasteiger partial charge in [-0.15, -0.1) is 5.10 Å². The van der Waals surface area contributed by atoms with Gasteiger partial charge in [0.15, 0.2) is 5.82 Å². The predicted octanol–water partition coefficient (Wildman–Crippen LogP) is 1.17. The first-order valence-corrected chi connectivity index (χ1v) is 9.81. The number of anilines is 1. The van der Waals surface area contributed by atoms with E-state index in [4.69, 9.17) is 4.74 Å². The molecule has 4 rings (SSSR count).